The van der Waals surface area contributed by atoms with E-state index in [-0.39, 0.29) is 11.8 Å². The molecule has 0 bridgehead atoms. The maximum absolute atomic E-state index is 12.0. The second kappa shape index (κ2) is 5.67. The number of amides is 1. The molecule has 1 aliphatic rings. The van der Waals surface area contributed by atoms with Crippen LogP contribution in [0.4, 0.5) is 0 Å². The Bertz CT molecular complexity index is 242. The van der Waals surface area contributed by atoms with Crippen molar-refractivity contribution in [3.63, 3.8) is 0 Å². The fourth-order valence-electron chi connectivity index (χ4n) is 2.97. The summed E-state index contributed by atoms with van der Waals surface area (Å²) in [7, 11) is 1.92. The van der Waals surface area contributed by atoms with Crippen molar-refractivity contribution in [3.05, 3.63) is 0 Å². The molecule has 0 aromatic carbocycles. The molecule has 94 valence electrons. The van der Waals surface area contributed by atoms with Gasteiger partial charge in [-0.15, -0.1) is 0 Å². The summed E-state index contributed by atoms with van der Waals surface area (Å²) in [5.74, 6) is 1.30. The van der Waals surface area contributed by atoms with Crippen molar-refractivity contribution < 1.29 is 4.79 Å². The highest BCUT2D eigenvalue weighted by Crippen LogP contribution is 2.35. The van der Waals surface area contributed by atoms with Crippen LogP contribution in [0.1, 0.15) is 40.0 Å². The summed E-state index contributed by atoms with van der Waals surface area (Å²) in [6, 6.07) is 0.358. The lowest BCUT2D eigenvalue weighted by Gasteiger charge is -2.45. The van der Waals surface area contributed by atoms with Gasteiger partial charge in [0.15, 0.2) is 0 Å². The number of piperidine rings is 1. The van der Waals surface area contributed by atoms with Gasteiger partial charge in [0.05, 0.1) is 5.92 Å². The van der Waals surface area contributed by atoms with Gasteiger partial charge in [0.1, 0.15) is 0 Å². The summed E-state index contributed by atoms with van der Waals surface area (Å²) < 4.78 is 0. The summed E-state index contributed by atoms with van der Waals surface area (Å²) >= 11 is 0. The van der Waals surface area contributed by atoms with Gasteiger partial charge in [0.25, 0.3) is 0 Å². The van der Waals surface area contributed by atoms with Crippen LogP contribution in [-0.2, 0) is 4.79 Å². The average molecular weight is 226 g/mol. The first-order valence-corrected chi connectivity index (χ1v) is 6.51. The van der Waals surface area contributed by atoms with Crippen LogP contribution in [0.25, 0.3) is 0 Å². The molecular formula is C13H26N2O. The monoisotopic (exact) mass is 226 g/mol. The first-order chi connectivity index (χ1) is 7.54. The molecule has 3 nitrogen and oxygen atoms in total. The Balaban J connectivity index is 2.78. The Hall–Kier alpha value is -0.570. The third kappa shape index (κ3) is 2.40. The van der Waals surface area contributed by atoms with E-state index in [0.717, 1.165) is 0 Å². The number of nitrogens with two attached hydrogens (primary N) is 1. The fraction of sp³-hybridized carbons (Fsp3) is 0.923. The summed E-state index contributed by atoms with van der Waals surface area (Å²) in [6.07, 6.45) is 3.69. The number of nitrogens with zero attached hydrogens (tertiary/aromatic N) is 1. The van der Waals surface area contributed by atoms with E-state index in [1.807, 2.05) is 11.9 Å². The Morgan fingerprint density at radius 2 is 2.00 bits per heavy atom. The number of hydrogen-bond acceptors (Lipinski definition) is 2. The van der Waals surface area contributed by atoms with Gasteiger partial charge < -0.3 is 10.6 Å². The highest BCUT2D eigenvalue weighted by atomic mass is 16.2. The molecule has 0 spiro atoms. The molecule has 0 aromatic heterocycles. The molecule has 1 amide bonds. The minimum Gasteiger partial charge on any atom is -0.342 e. The first kappa shape index (κ1) is 13.5. The molecule has 1 aliphatic heterocycles. The van der Waals surface area contributed by atoms with Gasteiger partial charge in [0.2, 0.25) is 5.91 Å². The van der Waals surface area contributed by atoms with Crippen molar-refractivity contribution in [1.29, 1.82) is 0 Å². The zero-order valence-electron chi connectivity index (χ0n) is 11.1. The Morgan fingerprint density at radius 3 is 2.50 bits per heavy atom. The fourth-order valence-corrected chi connectivity index (χ4v) is 2.97. The molecule has 4 unspecified atom stereocenters. The zero-order chi connectivity index (χ0) is 12.3. The van der Waals surface area contributed by atoms with Crippen LogP contribution in [0.15, 0.2) is 0 Å². The molecule has 3 heteroatoms. The third-order valence-corrected chi connectivity index (χ3v) is 4.35. The molecule has 0 saturated carbocycles. The molecule has 16 heavy (non-hydrogen) atoms. The average Bonchev–Trinajstić information content (AvgIpc) is 2.27. The van der Waals surface area contributed by atoms with E-state index in [9.17, 15) is 4.79 Å². The second-order valence-electron chi connectivity index (χ2n) is 5.20. The van der Waals surface area contributed by atoms with Crippen LogP contribution in [-0.4, -0.2) is 30.4 Å². The summed E-state index contributed by atoms with van der Waals surface area (Å²) in [5.41, 5.74) is 5.74. The predicted molar refractivity (Wildman–Crippen MR) is 67.0 cm³/mol. The van der Waals surface area contributed by atoms with E-state index < -0.39 is 0 Å². The van der Waals surface area contributed by atoms with E-state index in [4.69, 9.17) is 5.73 Å². The van der Waals surface area contributed by atoms with Gasteiger partial charge in [-0.3, -0.25) is 4.79 Å². The summed E-state index contributed by atoms with van der Waals surface area (Å²) in [5, 5.41) is 0. The molecule has 0 aliphatic carbocycles. The van der Waals surface area contributed by atoms with Crippen molar-refractivity contribution in [3.8, 4) is 0 Å². The van der Waals surface area contributed by atoms with Crippen LogP contribution in [0, 0.1) is 17.8 Å². The van der Waals surface area contributed by atoms with Crippen LogP contribution in [0.2, 0.25) is 0 Å². The van der Waals surface area contributed by atoms with Crippen LogP contribution < -0.4 is 5.73 Å². The van der Waals surface area contributed by atoms with Crippen molar-refractivity contribution in [2.24, 2.45) is 23.5 Å². The van der Waals surface area contributed by atoms with E-state index in [1.165, 1.54) is 19.3 Å². The number of rotatable bonds is 4. The highest BCUT2D eigenvalue weighted by Gasteiger charge is 2.41. The summed E-state index contributed by atoms with van der Waals surface area (Å²) in [4.78, 5) is 13.9. The number of unbranched alkanes of at least 4 members (excludes halogenated alkanes) is 1. The van der Waals surface area contributed by atoms with Crippen molar-refractivity contribution in [2.45, 2.75) is 46.1 Å². The number of carbonyl (C=O) groups excluding carboxylic acids is 1. The first-order valence-electron chi connectivity index (χ1n) is 6.51. The van der Waals surface area contributed by atoms with Gasteiger partial charge in [0, 0.05) is 19.6 Å². The van der Waals surface area contributed by atoms with E-state index >= 15 is 0 Å². The van der Waals surface area contributed by atoms with E-state index in [1.54, 1.807) is 0 Å². The molecule has 0 radical (unpaired) electrons. The van der Waals surface area contributed by atoms with Crippen LogP contribution >= 0.6 is 0 Å². The van der Waals surface area contributed by atoms with Gasteiger partial charge in [-0.05, 0) is 25.2 Å². The van der Waals surface area contributed by atoms with Gasteiger partial charge in [-0.2, -0.15) is 0 Å². The molecule has 1 heterocycles. The van der Waals surface area contributed by atoms with E-state index in [0.29, 0.717) is 24.4 Å². The molecular weight excluding hydrogens is 200 g/mol. The van der Waals surface area contributed by atoms with Crippen molar-refractivity contribution >= 4 is 5.91 Å². The van der Waals surface area contributed by atoms with E-state index in [2.05, 4.69) is 20.8 Å². The number of carbonyl (C=O) groups is 1. The second-order valence-corrected chi connectivity index (χ2v) is 5.20. The highest BCUT2D eigenvalue weighted by molar-refractivity contribution is 5.80. The number of hydrogen-bond donors (Lipinski definition) is 1. The van der Waals surface area contributed by atoms with Gasteiger partial charge in [-0.1, -0.05) is 26.7 Å². The smallest absolute Gasteiger partial charge is 0.227 e. The van der Waals surface area contributed by atoms with Crippen molar-refractivity contribution in [1.82, 2.24) is 4.90 Å². The van der Waals surface area contributed by atoms with Gasteiger partial charge in [-0.25, -0.2) is 0 Å². The third-order valence-electron chi connectivity index (χ3n) is 4.35. The lowest BCUT2D eigenvalue weighted by atomic mass is 9.72. The Kier molecular flexibility index (Phi) is 4.78. The standard InChI is InChI=1S/C13H26N2O/c1-5-6-7-11-9(2)12(8-14)13(16)15(4)10(11)3/h9-12H,5-8,14H2,1-4H3. The topological polar surface area (TPSA) is 46.3 Å². The largest absolute Gasteiger partial charge is 0.342 e. The maximum Gasteiger partial charge on any atom is 0.227 e. The molecule has 4 atom stereocenters. The quantitative estimate of drug-likeness (QED) is 0.795. The normalized spacial score (nSPS) is 35.6. The molecule has 1 rings (SSSR count). The molecule has 1 saturated heterocycles. The Morgan fingerprint density at radius 1 is 1.38 bits per heavy atom. The van der Waals surface area contributed by atoms with Gasteiger partial charge >= 0.3 is 0 Å². The van der Waals surface area contributed by atoms with Crippen LogP contribution in [0.3, 0.4) is 0 Å². The zero-order valence-corrected chi connectivity index (χ0v) is 11.1. The molecule has 1 fully saturated rings. The Labute approximate surface area is 99.4 Å². The van der Waals surface area contributed by atoms with Crippen molar-refractivity contribution in [2.75, 3.05) is 13.6 Å². The number of likely N-dealkylation sites (tertiary alicyclic amines) is 1. The maximum atomic E-state index is 12.0. The lowest BCUT2D eigenvalue weighted by Crippen LogP contribution is -2.55. The predicted octanol–water partition coefficient (Wildman–Crippen LogP) is 1.86. The lowest BCUT2D eigenvalue weighted by molar-refractivity contribution is -0.145. The molecule has 0 aromatic rings. The minimum atomic E-state index is 0.0306. The van der Waals surface area contributed by atoms with Crippen LogP contribution in [0.5, 0.6) is 0 Å². The summed E-state index contributed by atoms with van der Waals surface area (Å²) in [6.45, 7) is 7.06. The minimum absolute atomic E-state index is 0.0306. The SMILES string of the molecule is CCCCC1C(C)C(CN)C(=O)N(C)C1C. The molecule has 2 N–H and O–H groups in total.